The Labute approximate surface area is 131 Å². The van der Waals surface area contributed by atoms with E-state index >= 15 is 0 Å². The van der Waals surface area contributed by atoms with E-state index in [4.69, 9.17) is 4.74 Å². The maximum Gasteiger partial charge on any atom is 0.226 e. The molecule has 1 aromatic carbocycles. The SMILES string of the molecule is COc1cc2[nH]c(CNC(=O)C3(C)CC3)cc2cc1C(C)C. The summed E-state index contributed by atoms with van der Waals surface area (Å²) in [4.78, 5) is 15.4. The number of methoxy groups -OCH3 is 1. The second-order valence-corrected chi connectivity index (χ2v) is 6.87. The van der Waals surface area contributed by atoms with E-state index < -0.39 is 0 Å². The standard InChI is InChI=1S/C18H24N2O2/c1-11(2)14-8-12-7-13(20-15(12)9-16(14)22-4)10-19-17(21)18(3)5-6-18/h7-9,11,20H,5-6,10H2,1-4H3,(H,19,21). The molecule has 0 atom stereocenters. The number of fused-ring (bicyclic) bond motifs is 1. The summed E-state index contributed by atoms with van der Waals surface area (Å²) in [7, 11) is 1.70. The lowest BCUT2D eigenvalue weighted by Gasteiger charge is -2.11. The van der Waals surface area contributed by atoms with Crippen LogP contribution in [0.1, 0.15) is 50.8 Å². The van der Waals surface area contributed by atoms with Crippen molar-refractivity contribution < 1.29 is 9.53 Å². The number of aromatic nitrogens is 1. The molecule has 118 valence electrons. The van der Waals surface area contributed by atoms with Crippen LogP contribution < -0.4 is 10.1 Å². The number of benzene rings is 1. The molecule has 4 nitrogen and oxygen atoms in total. The smallest absolute Gasteiger partial charge is 0.226 e. The summed E-state index contributed by atoms with van der Waals surface area (Å²) in [5.41, 5.74) is 3.15. The molecule has 1 fully saturated rings. The molecule has 2 N–H and O–H groups in total. The number of hydrogen-bond donors (Lipinski definition) is 2. The van der Waals surface area contributed by atoms with Gasteiger partial charge in [0.2, 0.25) is 5.91 Å². The minimum absolute atomic E-state index is 0.125. The van der Waals surface area contributed by atoms with E-state index in [0.717, 1.165) is 35.2 Å². The molecule has 0 radical (unpaired) electrons. The molecule has 1 saturated carbocycles. The van der Waals surface area contributed by atoms with Crippen molar-refractivity contribution in [2.45, 2.75) is 46.1 Å². The molecule has 1 aromatic heterocycles. The Morgan fingerprint density at radius 1 is 1.36 bits per heavy atom. The summed E-state index contributed by atoms with van der Waals surface area (Å²) >= 11 is 0. The summed E-state index contributed by atoms with van der Waals surface area (Å²) in [6.07, 6.45) is 2.00. The Bertz CT molecular complexity index is 711. The molecule has 0 unspecified atom stereocenters. The molecule has 0 spiro atoms. The van der Waals surface area contributed by atoms with Gasteiger partial charge >= 0.3 is 0 Å². The average molecular weight is 300 g/mol. The predicted octanol–water partition coefficient (Wildman–Crippen LogP) is 3.72. The monoisotopic (exact) mass is 300 g/mol. The Balaban J connectivity index is 1.81. The van der Waals surface area contributed by atoms with Gasteiger partial charge in [-0.1, -0.05) is 20.8 Å². The quantitative estimate of drug-likeness (QED) is 0.884. The molecule has 1 heterocycles. The van der Waals surface area contributed by atoms with E-state index in [1.54, 1.807) is 7.11 Å². The van der Waals surface area contributed by atoms with Gasteiger partial charge in [-0.3, -0.25) is 4.79 Å². The topological polar surface area (TPSA) is 54.1 Å². The maximum absolute atomic E-state index is 12.0. The number of carbonyl (C=O) groups excluding carboxylic acids is 1. The molecule has 1 aliphatic rings. The van der Waals surface area contributed by atoms with E-state index in [0.29, 0.717) is 12.5 Å². The van der Waals surface area contributed by atoms with Gasteiger partial charge in [-0.2, -0.15) is 0 Å². The first-order valence-electron chi connectivity index (χ1n) is 7.91. The minimum atomic E-state index is -0.125. The lowest BCUT2D eigenvalue weighted by molar-refractivity contribution is -0.125. The second kappa shape index (κ2) is 5.34. The third kappa shape index (κ3) is 2.70. The van der Waals surface area contributed by atoms with Crippen molar-refractivity contribution in [3.8, 4) is 5.75 Å². The lowest BCUT2D eigenvalue weighted by atomic mass is 10.0. The largest absolute Gasteiger partial charge is 0.496 e. The Morgan fingerprint density at radius 2 is 2.09 bits per heavy atom. The van der Waals surface area contributed by atoms with Crippen molar-refractivity contribution in [2.75, 3.05) is 7.11 Å². The van der Waals surface area contributed by atoms with Crippen LogP contribution in [0.3, 0.4) is 0 Å². The highest BCUT2D eigenvalue weighted by molar-refractivity contribution is 5.85. The van der Waals surface area contributed by atoms with Gasteiger partial charge in [0.15, 0.2) is 0 Å². The third-order valence-corrected chi connectivity index (χ3v) is 4.64. The van der Waals surface area contributed by atoms with E-state index in [1.165, 1.54) is 5.56 Å². The van der Waals surface area contributed by atoms with Crippen LogP contribution >= 0.6 is 0 Å². The van der Waals surface area contributed by atoms with Crippen LogP contribution in [0.5, 0.6) is 5.75 Å². The molecule has 22 heavy (non-hydrogen) atoms. The first kappa shape index (κ1) is 14.9. The van der Waals surface area contributed by atoms with E-state index in [-0.39, 0.29) is 11.3 Å². The van der Waals surface area contributed by atoms with Gasteiger partial charge in [-0.15, -0.1) is 0 Å². The van der Waals surface area contributed by atoms with E-state index in [1.807, 2.05) is 13.0 Å². The Morgan fingerprint density at radius 3 is 2.68 bits per heavy atom. The number of amides is 1. The zero-order valence-electron chi connectivity index (χ0n) is 13.7. The van der Waals surface area contributed by atoms with Crippen molar-refractivity contribution in [1.29, 1.82) is 0 Å². The fraction of sp³-hybridized carbons (Fsp3) is 0.500. The van der Waals surface area contributed by atoms with Crippen molar-refractivity contribution in [3.63, 3.8) is 0 Å². The zero-order chi connectivity index (χ0) is 15.9. The Hall–Kier alpha value is -1.97. The number of rotatable bonds is 5. The highest BCUT2D eigenvalue weighted by Gasteiger charge is 2.44. The van der Waals surface area contributed by atoms with Crippen LogP contribution in [0.25, 0.3) is 10.9 Å². The number of hydrogen-bond acceptors (Lipinski definition) is 2. The van der Waals surface area contributed by atoms with Crippen molar-refractivity contribution >= 4 is 16.8 Å². The summed E-state index contributed by atoms with van der Waals surface area (Å²) < 4.78 is 5.49. The van der Waals surface area contributed by atoms with Crippen molar-refractivity contribution in [1.82, 2.24) is 10.3 Å². The second-order valence-electron chi connectivity index (χ2n) is 6.87. The molecule has 0 aliphatic heterocycles. The molecule has 1 amide bonds. The van der Waals surface area contributed by atoms with Gasteiger partial charge in [0, 0.05) is 28.1 Å². The molecule has 4 heteroatoms. The first-order valence-corrected chi connectivity index (χ1v) is 7.91. The minimum Gasteiger partial charge on any atom is -0.496 e. The van der Waals surface area contributed by atoms with Gasteiger partial charge in [0.1, 0.15) is 5.75 Å². The van der Waals surface area contributed by atoms with E-state index in [2.05, 4.69) is 36.3 Å². The molecule has 3 rings (SSSR count). The molecular formula is C18H24N2O2. The summed E-state index contributed by atoms with van der Waals surface area (Å²) in [5.74, 6) is 1.48. The number of ether oxygens (including phenoxy) is 1. The van der Waals surface area contributed by atoms with Gasteiger partial charge < -0.3 is 15.0 Å². The van der Waals surface area contributed by atoms with Gasteiger partial charge in [0.25, 0.3) is 0 Å². The fourth-order valence-corrected chi connectivity index (χ4v) is 2.77. The Kier molecular flexibility index (Phi) is 3.63. The molecular weight excluding hydrogens is 276 g/mol. The van der Waals surface area contributed by atoms with Crippen molar-refractivity contribution in [2.24, 2.45) is 5.41 Å². The highest BCUT2D eigenvalue weighted by Crippen LogP contribution is 2.45. The fourth-order valence-electron chi connectivity index (χ4n) is 2.77. The van der Waals surface area contributed by atoms with Crippen LogP contribution in [-0.4, -0.2) is 18.0 Å². The lowest BCUT2D eigenvalue weighted by Crippen LogP contribution is -2.29. The van der Waals surface area contributed by atoms with Crippen molar-refractivity contribution in [3.05, 3.63) is 29.5 Å². The van der Waals surface area contributed by atoms with Crippen LogP contribution in [0.4, 0.5) is 0 Å². The highest BCUT2D eigenvalue weighted by atomic mass is 16.5. The number of nitrogens with one attached hydrogen (secondary N) is 2. The zero-order valence-corrected chi connectivity index (χ0v) is 13.7. The number of carbonyl (C=O) groups is 1. The number of aromatic amines is 1. The number of H-pyrrole nitrogens is 1. The predicted molar refractivity (Wildman–Crippen MR) is 88.1 cm³/mol. The van der Waals surface area contributed by atoms with E-state index in [9.17, 15) is 4.79 Å². The van der Waals surface area contributed by atoms with Crippen LogP contribution in [-0.2, 0) is 11.3 Å². The third-order valence-electron chi connectivity index (χ3n) is 4.64. The van der Waals surface area contributed by atoms with Crippen LogP contribution in [0.15, 0.2) is 18.2 Å². The van der Waals surface area contributed by atoms with Gasteiger partial charge in [-0.25, -0.2) is 0 Å². The summed E-state index contributed by atoms with van der Waals surface area (Å²) in [5, 5.41) is 4.19. The summed E-state index contributed by atoms with van der Waals surface area (Å²) in [6, 6.07) is 6.32. The van der Waals surface area contributed by atoms with Gasteiger partial charge in [0.05, 0.1) is 13.7 Å². The normalized spacial score (nSPS) is 16.0. The summed E-state index contributed by atoms with van der Waals surface area (Å²) in [6.45, 7) is 6.89. The molecule has 0 saturated heterocycles. The average Bonchev–Trinajstić information content (AvgIpc) is 3.12. The van der Waals surface area contributed by atoms with Crippen LogP contribution in [0.2, 0.25) is 0 Å². The molecule has 0 bridgehead atoms. The first-order chi connectivity index (χ1) is 10.4. The van der Waals surface area contributed by atoms with Gasteiger partial charge in [-0.05, 0) is 36.5 Å². The molecule has 1 aliphatic carbocycles. The molecule has 2 aromatic rings. The van der Waals surface area contributed by atoms with Crippen LogP contribution in [0, 0.1) is 5.41 Å². The maximum atomic E-state index is 12.0.